The van der Waals surface area contributed by atoms with E-state index in [1.807, 2.05) is 0 Å². The molecule has 0 aliphatic heterocycles. The van der Waals surface area contributed by atoms with Gasteiger partial charge in [-0.25, -0.2) is 8.78 Å². The van der Waals surface area contributed by atoms with E-state index in [1.165, 1.54) is 0 Å². The van der Waals surface area contributed by atoms with Crippen LogP contribution in [0.5, 0.6) is 0 Å². The number of halogens is 5. The summed E-state index contributed by atoms with van der Waals surface area (Å²) in [5.41, 5.74) is -1.30. The van der Waals surface area contributed by atoms with Crippen LogP contribution in [0.1, 0.15) is 42.9 Å². The minimum absolute atomic E-state index is 0.000355. The zero-order valence-electron chi connectivity index (χ0n) is 10.5. The van der Waals surface area contributed by atoms with Crippen molar-refractivity contribution in [3.8, 4) is 0 Å². The zero-order chi connectivity index (χ0) is 15.0. The molecule has 20 heavy (non-hydrogen) atoms. The molecule has 1 atom stereocenters. The lowest BCUT2D eigenvalue weighted by Crippen LogP contribution is -2.28. The Morgan fingerprint density at radius 2 is 1.85 bits per heavy atom. The molecule has 7 heteroatoms. The normalized spacial score (nSPS) is 21.7. The predicted octanol–water partition coefficient (Wildman–Crippen LogP) is 3.96. The first-order valence-electron chi connectivity index (χ1n) is 6.28. The Labute approximate surface area is 112 Å². The molecule has 0 spiro atoms. The minimum Gasteiger partial charge on any atom is -0.388 e. The van der Waals surface area contributed by atoms with Crippen LogP contribution in [-0.4, -0.2) is 16.0 Å². The van der Waals surface area contributed by atoms with Crippen molar-refractivity contribution < 1.29 is 27.1 Å². The van der Waals surface area contributed by atoms with Gasteiger partial charge in [-0.3, -0.25) is 4.98 Å². The molecule has 0 aromatic carbocycles. The van der Waals surface area contributed by atoms with Crippen LogP contribution in [0.15, 0.2) is 18.5 Å². The van der Waals surface area contributed by atoms with Crippen molar-refractivity contribution >= 4 is 0 Å². The van der Waals surface area contributed by atoms with Crippen LogP contribution >= 0.6 is 0 Å². The molecular formula is C13H14F5NO. The van der Waals surface area contributed by atoms with Gasteiger partial charge in [-0.2, -0.15) is 13.2 Å². The Bertz CT molecular complexity index is 464. The molecule has 2 nitrogen and oxygen atoms in total. The molecule has 1 aliphatic carbocycles. The molecular weight excluding hydrogens is 281 g/mol. The number of aromatic nitrogens is 1. The number of hydrogen-bond acceptors (Lipinski definition) is 2. The van der Waals surface area contributed by atoms with Gasteiger partial charge in [-0.05, 0) is 24.8 Å². The first-order valence-corrected chi connectivity index (χ1v) is 6.28. The summed E-state index contributed by atoms with van der Waals surface area (Å²) in [7, 11) is 0. The van der Waals surface area contributed by atoms with Gasteiger partial charge in [0, 0.05) is 30.8 Å². The number of aliphatic hydroxyl groups excluding tert-OH is 1. The highest BCUT2D eigenvalue weighted by Crippen LogP contribution is 2.43. The number of pyridine rings is 1. The molecule has 1 aromatic heterocycles. The third-order valence-electron chi connectivity index (χ3n) is 3.68. The van der Waals surface area contributed by atoms with Crippen molar-refractivity contribution in [2.45, 2.75) is 43.9 Å². The number of alkyl halides is 5. The summed E-state index contributed by atoms with van der Waals surface area (Å²) in [5, 5.41) is 10.1. The maximum atomic E-state index is 13.0. The summed E-state index contributed by atoms with van der Waals surface area (Å²) in [6.07, 6.45) is -4.88. The van der Waals surface area contributed by atoms with E-state index in [9.17, 15) is 27.1 Å². The fourth-order valence-electron chi connectivity index (χ4n) is 2.53. The number of hydrogen-bond donors (Lipinski definition) is 1. The second kappa shape index (κ2) is 5.27. The van der Waals surface area contributed by atoms with Gasteiger partial charge in [0.15, 0.2) is 0 Å². The van der Waals surface area contributed by atoms with E-state index < -0.39 is 42.5 Å². The van der Waals surface area contributed by atoms with Gasteiger partial charge in [0.05, 0.1) is 11.7 Å². The van der Waals surface area contributed by atoms with Gasteiger partial charge in [0.25, 0.3) is 0 Å². The highest BCUT2D eigenvalue weighted by molar-refractivity contribution is 5.28. The van der Waals surface area contributed by atoms with Gasteiger partial charge in [-0.15, -0.1) is 0 Å². The Balaban J connectivity index is 2.20. The topological polar surface area (TPSA) is 33.1 Å². The SMILES string of the molecule is OC(c1cnccc1C(F)(F)F)C1CCC(F)(F)CC1. The lowest BCUT2D eigenvalue weighted by Gasteiger charge is -2.32. The van der Waals surface area contributed by atoms with Crippen molar-refractivity contribution in [3.05, 3.63) is 29.6 Å². The number of nitrogens with zero attached hydrogens (tertiary/aromatic N) is 1. The van der Waals surface area contributed by atoms with E-state index in [-0.39, 0.29) is 18.4 Å². The standard InChI is InChI=1S/C13H14F5NO/c14-12(15)4-1-8(2-5-12)11(20)9-7-19-6-3-10(9)13(16,17)18/h3,6-8,11,20H,1-2,4-5H2. The molecule has 1 heterocycles. The molecule has 112 valence electrons. The van der Waals surface area contributed by atoms with E-state index in [4.69, 9.17) is 0 Å². The molecule has 1 N–H and O–H groups in total. The van der Waals surface area contributed by atoms with Crippen LogP contribution < -0.4 is 0 Å². The molecule has 1 unspecified atom stereocenters. The maximum Gasteiger partial charge on any atom is 0.416 e. The lowest BCUT2D eigenvalue weighted by atomic mass is 9.80. The van der Waals surface area contributed by atoms with Gasteiger partial charge in [0.1, 0.15) is 0 Å². The van der Waals surface area contributed by atoms with Crippen LogP contribution in [0.25, 0.3) is 0 Å². The Morgan fingerprint density at radius 3 is 2.40 bits per heavy atom. The van der Waals surface area contributed by atoms with E-state index in [0.29, 0.717) is 0 Å². The van der Waals surface area contributed by atoms with E-state index in [1.54, 1.807) is 0 Å². The number of rotatable bonds is 2. The van der Waals surface area contributed by atoms with Crippen molar-refractivity contribution in [2.24, 2.45) is 5.92 Å². The molecule has 2 rings (SSSR count). The Morgan fingerprint density at radius 1 is 1.25 bits per heavy atom. The minimum atomic E-state index is -4.60. The summed E-state index contributed by atoms with van der Waals surface area (Å²) in [4.78, 5) is 3.60. The van der Waals surface area contributed by atoms with E-state index in [0.717, 1.165) is 18.5 Å². The fourth-order valence-corrected chi connectivity index (χ4v) is 2.53. The zero-order valence-corrected chi connectivity index (χ0v) is 10.5. The van der Waals surface area contributed by atoms with Crippen LogP contribution in [0.4, 0.5) is 22.0 Å². The molecule has 0 saturated heterocycles. The van der Waals surface area contributed by atoms with Crippen molar-refractivity contribution in [1.29, 1.82) is 0 Å². The third kappa shape index (κ3) is 3.26. The second-order valence-electron chi connectivity index (χ2n) is 5.10. The van der Waals surface area contributed by atoms with Crippen LogP contribution in [0.3, 0.4) is 0 Å². The quantitative estimate of drug-likeness (QED) is 0.838. The van der Waals surface area contributed by atoms with Gasteiger partial charge in [0.2, 0.25) is 5.92 Å². The smallest absolute Gasteiger partial charge is 0.388 e. The monoisotopic (exact) mass is 295 g/mol. The molecule has 0 bridgehead atoms. The Kier molecular flexibility index (Phi) is 4.00. The molecule has 1 aromatic rings. The van der Waals surface area contributed by atoms with Gasteiger partial charge >= 0.3 is 6.18 Å². The van der Waals surface area contributed by atoms with Gasteiger partial charge in [-0.1, -0.05) is 0 Å². The van der Waals surface area contributed by atoms with E-state index >= 15 is 0 Å². The maximum absolute atomic E-state index is 13.0. The molecule has 1 saturated carbocycles. The van der Waals surface area contributed by atoms with Crippen LogP contribution in [0, 0.1) is 5.92 Å². The summed E-state index contributed by atoms with van der Waals surface area (Å²) < 4.78 is 64.6. The molecule has 0 amide bonds. The lowest BCUT2D eigenvalue weighted by molar-refractivity contribution is -0.140. The summed E-state index contributed by atoms with van der Waals surface area (Å²) in [5.74, 6) is -3.38. The molecule has 0 radical (unpaired) electrons. The average Bonchev–Trinajstić information content (AvgIpc) is 2.37. The number of aliphatic hydroxyl groups is 1. The predicted molar refractivity (Wildman–Crippen MR) is 61.1 cm³/mol. The summed E-state index contributed by atoms with van der Waals surface area (Å²) in [6, 6.07) is 0.788. The molecule has 1 aliphatic rings. The largest absolute Gasteiger partial charge is 0.416 e. The highest BCUT2D eigenvalue weighted by Gasteiger charge is 2.40. The molecule has 1 fully saturated rings. The van der Waals surface area contributed by atoms with Crippen molar-refractivity contribution in [3.63, 3.8) is 0 Å². The first-order chi connectivity index (χ1) is 9.21. The third-order valence-corrected chi connectivity index (χ3v) is 3.68. The summed E-state index contributed by atoms with van der Waals surface area (Å²) >= 11 is 0. The van der Waals surface area contributed by atoms with Crippen LogP contribution in [-0.2, 0) is 6.18 Å². The fraction of sp³-hybridized carbons (Fsp3) is 0.615. The van der Waals surface area contributed by atoms with Crippen molar-refractivity contribution in [1.82, 2.24) is 4.98 Å². The van der Waals surface area contributed by atoms with Crippen molar-refractivity contribution in [2.75, 3.05) is 0 Å². The first kappa shape index (κ1) is 15.2. The Hall–Kier alpha value is -1.24. The second-order valence-corrected chi connectivity index (χ2v) is 5.10. The van der Waals surface area contributed by atoms with Gasteiger partial charge < -0.3 is 5.11 Å². The van der Waals surface area contributed by atoms with Crippen LogP contribution in [0.2, 0.25) is 0 Å². The summed E-state index contributed by atoms with van der Waals surface area (Å²) in [6.45, 7) is 0. The highest BCUT2D eigenvalue weighted by atomic mass is 19.4. The average molecular weight is 295 g/mol. The van der Waals surface area contributed by atoms with E-state index in [2.05, 4.69) is 4.98 Å².